The lowest BCUT2D eigenvalue weighted by atomic mass is 10.1. The van der Waals surface area contributed by atoms with Crippen molar-refractivity contribution in [3.8, 4) is 5.75 Å². The highest BCUT2D eigenvalue weighted by Crippen LogP contribution is 2.29. The first-order chi connectivity index (χ1) is 9.74. The van der Waals surface area contributed by atoms with Gasteiger partial charge in [-0.3, -0.25) is 4.79 Å². The summed E-state index contributed by atoms with van der Waals surface area (Å²) in [5.74, 6) is -0.0735. The summed E-state index contributed by atoms with van der Waals surface area (Å²) in [7, 11) is 1.60. The SMILES string of the molecule is COCCOCOc1c(C(N)=O)ccc2ccccc12. The van der Waals surface area contributed by atoms with Crippen LogP contribution in [-0.2, 0) is 9.47 Å². The smallest absolute Gasteiger partial charge is 0.252 e. The quantitative estimate of drug-likeness (QED) is 0.619. The number of ether oxygens (including phenoxy) is 3. The first-order valence-corrected chi connectivity index (χ1v) is 6.25. The predicted octanol–water partition coefficient (Wildman–Crippen LogP) is 1.94. The summed E-state index contributed by atoms with van der Waals surface area (Å²) in [6, 6.07) is 11.1. The zero-order chi connectivity index (χ0) is 14.4. The van der Waals surface area contributed by atoms with E-state index in [9.17, 15) is 4.79 Å². The molecule has 106 valence electrons. The second-order valence-corrected chi connectivity index (χ2v) is 4.19. The Labute approximate surface area is 117 Å². The lowest BCUT2D eigenvalue weighted by Crippen LogP contribution is -2.15. The van der Waals surface area contributed by atoms with Crippen molar-refractivity contribution < 1.29 is 19.0 Å². The Balaban J connectivity index is 2.23. The van der Waals surface area contributed by atoms with E-state index in [0.717, 1.165) is 10.8 Å². The molecular weight excluding hydrogens is 258 g/mol. The van der Waals surface area contributed by atoms with Crippen LogP contribution in [0.5, 0.6) is 5.75 Å². The molecule has 0 aliphatic carbocycles. The summed E-state index contributed by atoms with van der Waals surface area (Å²) >= 11 is 0. The van der Waals surface area contributed by atoms with Crippen LogP contribution in [0.15, 0.2) is 36.4 Å². The Bertz CT molecular complexity index is 597. The van der Waals surface area contributed by atoms with Crippen molar-refractivity contribution in [3.05, 3.63) is 42.0 Å². The highest BCUT2D eigenvalue weighted by atomic mass is 16.7. The molecule has 2 aromatic rings. The third-order valence-corrected chi connectivity index (χ3v) is 2.86. The van der Waals surface area contributed by atoms with E-state index in [0.29, 0.717) is 24.5 Å². The fourth-order valence-electron chi connectivity index (χ4n) is 1.89. The van der Waals surface area contributed by atoms with E-state index in [-0.39, 0.29) is 6.79 Å². The highest BCUT2D eigenvalue weighted by Gasteiger charge is 2.13. The highest BCUT2D eigenvalue weighted by molar-refractivity contribution is 6.03. The van der Waals surface area contributed by atoms with Gasteiger partial charge >= 0.3 is 0 Å². The number of rotatable bonds is 7. The molecule has 2 rings (SSSR count). The minimum absolute atomic E-state index is 0.0393. The van der Waals surface area contributed by atoms with Crippen LogP contribution in [0.1, 0.15) is 10.4 Å². The van der Waals surface area contributed by atoms with Crippen molar-refractivity contribution in [1.82, 2.24) is 0 Å². The van der Waals surface area contributed by atoms with Crippen molar-refractivity contribution in [2.24, 2.45) is 5.73 Å². The van der Waals surface area contributed by atoms with Crippen molar-refractivity contribution in [3.63, 3.8) is 0 Å². The van der Waals surface area contributed by atoms with Crippen molar-refractivity contribution in [2.45, 2.75) is 0 Å². The van der Waals surface area contributed by atoms with Crippen LogP contribution in [0.2, 0.25) is 0 Å². The van der Waals surface area contributed by atoms with Crippen LogP contribution in [0.25, 0.3) is 10.8 Å². The van der Waals surface area contributed by atoms with Crippen LogP contribution < -0.4 is 10.5 Å². The average Bonchev–Trinajstić information content (AvgIpc) is 2.46. The fraction of sp³-hybridized carbons (Fsp3) is 0.267. The molecule has 0 heterocycles. The largest absolute Gasteiger partial charge is 0.466 e. The van der Waals surface area contributed by atoms with E-state index in [4.69, 9.17) is 19.9 Å². The maximum atomic E-state index is 11.5. The summed E-state index contributed by atoms with van der Waals surface area (Å²) in [6.45, 7) is 0.951. The minimum atomic E-state index is -0.525. The molecule has 0 radical (unpaired) electrons. The fourth-order valence-corrected chi connectivity index (χ4v) is 1.89. The van der Waals surface area contributed by atoms with Gasteiger partial charge in [-0.05, 0) is 11.5 Å². The lowest BCUT2D eigenvalue weighted by molar-refractivity contribution is -0.00805. The number of nitrogens with two attached hydrogens (primary N) is 1. The standard InChI is InChI=1S/C15H17NO4/c1-18-8-9-19-10-20-14-12-5-3-2-4-11(12)6-7-13(14)15(16)17/h2-7H,8-10H2,1H3,(H2,16,17). The molecule has 20 heavy (non-hydrogen) atoms. The molecular formula is C15H17NO4. The van der Waals surface area contributed by atoms with Gasteiger partial charge in [0.1, 0.15) is 5.75 Å². The second-order valence-electron chi connectivity index (χ2n) is 4.19. The molecule has 0 aliphatic rings. The van der Waals surface area contributed by atoms with Gasteiger partial charge in [0.05, 0.1) is 18.8 Å². The maximum Gasteiger partial charge on any atom is 0.252 e. The number of fused-ring (bicyclic) bond motifs is 1. The predicted molar refractivity (Wildman–Crippen MR) is 75.8 cm³/mol. The Kier molecular flexibility index (Phi) is 4.92. The van der Waals surface area contributed by atoms with Crippen LogP contribution in [0.4, 0.5) is 0 Å². The number of amides is 1. The van der Waals surface area contributed by atoms with Gasteiger partial charge in [0, 0.05) is 12.5 Å². The molecule has 0 atom stereocenters. The number of methoxy groups -OCH3 is 1. The van der Waals surface area contributed by atoms with E-state index in [1.165, 1.54) is 0 Å². The summed E-state index contributed by atoms with van der Waals surface area (Å²) in [5.41, 5.74) is 5.72. The van der Waals surface area contributed by atoms with Crippen LogP contribution in [-0.4, -0.2) is 33.0 Å². The van der Waals surface area contributed by atoms with Gasteiger partial charge in [-0.2, -0.15) is 0 Å². The maximum absolute atomic E-state index is 11.5. The molecule has 1 amide bonds. The zero-order valence-electron chi connectivity index (χ0n) is 11.3. The number of hydrogen-bond donors (Lipinski definition) is 1. The molecule has 5 heteroatoms. The summed E-state index contributed by atoms with van der Waals surface area (Å²) in [4.78, 5) is 11.5. The summed E-state index contributed by atoms with van der Waals surface area (Å²) < 4.78 is 15.7. The topological polar surface area (TPSA) is 70.8 Å². The lowest BCUT2D eigenvalue weighted by Gasteiger charge is -2.13. The number of primary amides is 1. The van der Waals surface area contributed by atoms with Crippen LogP contribution >= 0.6 is 0 Å². The Morgan fingerprint density at radius 3 is 2.70 bits per heavy atom. The van der Waals surface area contributed by atoms with Gasteiger partial charge in [-0.15, -0.1) is 0 Å². The van der Waals surface area contributed by atoms with Crippen LogP contribution in [0, 0.1) is 0 Å². The van der Waals surface area contributed by atoms with E-state index in [1.807, 2.05) is 30.3 Å². The number of benzene rings is 2. The van der Waals surface area contributed by atoms with Crippen LogP contribution in [0.3, 0.4) is 0 Å². The zero-order valence-corrected chi connectivity index (χ0v) is 11.3. The molecule has 0 aromatic heterocycles. The molecule has 0 bridgehead atoms. The number of hydrogen-bond acceptors (Lipinski definition) is 4. The van der Waals surface area contributed by atoms with Gasteiger partial charge in [0.25, 0.3) is 5.91 Å². The molecule has 0 saturated heterocycles. The third kappa shape index (κ3) is 3.26. The van der Waals surface area contributed by atoms with E-state index >= 15 is 0 Å². The molecule has 0 saturated carbocycles. The Morgan fingerprint density at radius 1 is 1.15 bits per heavy atom. The first-order valence-electron chi connectivity index (χ1n) is 6.25. The van der Waals surface area contributed by atoms with Gasteiger partial charge in [0.15, 0.2) is 6.79 Å². The average molecular weight is 275 g/mol. The summed E-state index contributed by atoms with van der Waals surface area (Å²) in [5, 5.41) is 1.81. The molecule has 0 fully saturated rings. The van der Waals surface area contributed by atoms with Gasteiger partial charge in [-0.1, -0.05) is 30.3 Å². The molecule has 2 aromatic carbocycles. The second kappa shape index (κ2) is 6.88. The van der Waals surface area contributed by atoms with E-state index in [2.05, 4.69) is 0 Å². The molecule has 0 aliphatic heterocycles. The number of carbonyl (C=O) groups excluding carboxylic acids is 1. The van der Waals surface area contributed by atoms with Crippen molar-refractivity contribution >= 4 is 16.7 Å². The Morgan fingerprint density at radius 2 is 1.95 bits per heavy atom. The first kappa shape index (κ1) is 14.3. The summed E-state index contributed by atoms with van der Waals surface area (Å²) in [6.07, 6.45) is 0. The third-order valence-electron chi connectivity index (χ3n) is 2.86. The van der Waals surface area contributed by atoms with E-state index in [1.54, 1.807) is 13.2 Å². The van der Waals surface area contributed by atoms with Gasteiger partial charge in [-0.25, -0.2) is 0 Å². The molecule has 2 N–H and O–H groups in total. The van der Waals surface area contributed by atoms with Crippen molar-refractivity contribution in [2.75, 3.05) is 27.1 Å². The monoisotopic (exact) mass is 275 g/mol. The minimum Gasteiger partial charge on any atom is -0.466 e. The molecule has 0 unspecified atom stereocenters. The van der Waals surface area contributed by atoms with Gasteiger partial charge in [0.2, 0.25) is 0 Å². The molecule has 0 spiro atoms. The van der Waals surface area contributed by atoms with Crippen molar-refractivity contribution in [1.29, 1.82) is 0 Å². The normalized spacial score (nSPS) is 10.7. The number of carbonyl (C=O) groups is 1. The van der Waals surface area contributed by atoms with E-state index < -0.39 is 5.91 Å². The van der Waals surface area contributed by atoms with Gasteiger partial charge < -0.3 is 19.9 Å². The molecule has 5 nitrogen and oxygen atoms in total. The Hall–Kier alpha value is -2.11.